The molecule has 0 saturated carbocycles. The summed E-state index contributed by atoms with van der Waals surface area (Å²) in [6.45, 7) is 1.74. The zero-order chi connectivity index (χ0) is 16.2. The van der Waals surface area contributed by atoms with Gasteiger partial charge in [-0.15, -0.1) is 0 Å². The summed E-state index contributed by atoms with van der Waals surface area (Å²) < 4.78 is 5.23. The van der Waals surface area contributed by atoms with Gasteiger partial charge in [0.05, 0.1) is 29.0 Å². The molecule has 1 unspecified atom stereocenters. The molecule has 1 aliphatic heterocycles. The van der Waals surface area contributed by atoms with E-state index in [4.69, 9.17) is 16.3 Å². The third-order valence-electron chi connectivity index (χ3n) is 3.71. The van der Waals surface area contributed by atoms with Gasteiger partial charge in [-0.25, -0.2) is 4.98 Å². The molecule has 3 heterocycles. The van der Waals surface area contributed by atoms with E-state index in [0.717, 1.165) is 19.5 Å². The summed E-state index contributed by atoms with van der Waals surface area (Å²) in [6, 6.07) is 5.41. The lowest BCUT2D eigenvalue weighted by Crippen LogP contribution is -2.36. The number of hydrogen-bond acceptors (Lipinski definition) is 5. The molecular formula is C16H17ClN4O2. The van der Waals surface area contributed by atoms with Gasteiger partial charge in [-0.05, 0) is 31.2 Å². The summed E-state index contributed by atoms with van der Waals surface area (Å²) in [6.07, 6.45) is 4.01. The van der Waals surface area contributed by atoms with Gasteiger partial charge in [0, 0.05) is 25.0 Å². The van der Waals surface area contributed by atoms with E-state index >= 15 is 0 Å². The van der Waals surface area contributed by atoms with Crippen LogP contribution in [0.5, 0.6) is 5.88 Å². The Morgan fingerprint density at radius 2 is 2.26 bits per heavy atom. The Kier molecular flexibility index (Phi) is 4.73. The molecule has 0 radical (unpaired) electrons. The number of rotatable bonds is 4. The Bertz CT molecular complexity index is 700. The van der Waals surface area contributed by atoms with E-state index in [9.17, 15) is 4.79 Å². The summed E-state index contributed by atoms with van der Waals surface area (Å²) in [5.41, 5.74) is 1.86. The smallest absolute Gasteiger partial charge is 0.253 e. The van der Waals surface area contributed by atoms with Crippen molar-refractivity contribution in [1.29, 1.82) is 0 Å². The Morgan fingerprint density at radius 3 is 2.91 bits per heavy atom. The first kappa shape index (κ1) is 15.7. The molecule has 2 aromatic rings. The van der Waals surface area contributed by atoms with Crippen LogP contribution in [-0.2, 0) is 0 Å². The molecule has 0 aromatic carbocycles. The average Bonchev–Trinajstić information content (AvgIpc) is 3.08. The number of hydrogen-bond donors (Lipinski definition) is 2. The number of pyridine rings is 2. The van der Waals surface area contributed by atoms with Crippen molar-refractivity contribution in [3.63, 3.8) is 0 Å². The van der Waals surface area contributed by atoms with E-state index in [0.29, 0.717) is 27.7 Å². The third kappa shape index (κ3) is 3.60. The van der Waals surface area contributed by atoms with Crippen molar-refractivity contribution >= 4 is 17.5 Å². The Balaban J connectivity index is 1.79. The highest BCUT2D eigenvalue weighted by molar-refractivity contribution is 6.30. The fourth-order valence-corrected chi connectivity index (χ4v) is 2.66. The van der Waals surface area contributed by atoms with Crippen LogP contribution in [0.2, 0.25) is 5.02 Å². The predicted molar refractivity (Wildman–Crippen MR) is 87.8 cm³/mol. The summed E-state index contributed by atoms with van der Waals surface area (Å²) in [5, 5.41) is 6.70. The molecule has 120 valence electrons. The monoisotopic (exact) mass is 332 g/mol. The van der Waals surface area contributed by atoms with Crippen molar-refractivity contribution in [1.82, 2.24) is 20.6 Å². The summed E-state index contributed by atoms with van der Waals surface area (Å²) >= 11 is 5.98. The standard InChI is InChI=1S/C16H17ClN4O2/c1-23-16-13(6-11(17)8-20-16)14-3-2-10(7-19-14)15(22)21-12-4-5-18-9-12/h2-3,6-8,12,18H,4-5,9H2,1H3,(H,21,22). The highest BCUT2D eigenvalue weighted by Gasteiger charge is 2.18. The van der Waals surface area contributed by atoms with Crippen LogP contribution in [0.15, 0.2) is 30.6 Å². The highest BCUT2D eigenvalue weighted by Crippen LogP contribution is 2.28. The van der Waals surface area contributed by atoms with E-state index < -0.39 is 0 Å². The number of ether oxygens (including phenoxy) is 1. The van der Waals surface area contributed by atoms with Crippen molar-refractivity contribution < 1.29 is 9.53 Å². The first-order chi connectivity index (χ1) is 11.2. The minimum absolute atomic E-state index is 0.117. The van der Waals surface area contributed by atoms with E-state index in [-0.39, 0.29) is 11.9 Å². The summed E-state index contributed by atoms with van der Waals surface area (Å²) in [5.74, 6) is 0.324. The molecule has 2 aromatic heterocycles. The fourth-order valence-electron chi connectivity index (χ4n) is 2.51. The number of carbonyl (C=O) groups is 1. The van der Waals surface area contributed by atoms with Crippen LogP contribution in [0.4, 0.5) is 0 Å². The van der Waals surface area contributed by atoms with Crippen LogP contribution in [0.25, 0.3) is 11.3 Å². The lowest BCUT2D eigenvalue weighted by atomic mass is 10.1. The van der Waals surface area contributed by atoms with E-state index in [2.05, 4.69) is 20.6 Å². The molecule has 1 atom stereocenters. The molecular weight excluding hydrogens is 316 g/mol. The minimum atomic E-state index is -0.117. The second kappa shape index (κ2) is 6.93. The molecule has 0 bridgehead atoms. The van der Waals surface area contributed by atoms with Crippen LogP contribution >= 0.6 is 11.6 Å². The van der Waals surface area contributed by atoms with Gasteiger partial charge >= 0.3 is 0 Å². The quantitative estimate of drug-likeness (QED) is 0.894. The molecule has 0 spiro atoms. The Morgan fingerprint density at radius 1 is 1.39 bits per heavy atom. The number of nitrogens with zero attached hydrogens (tertiary/aromatic N) is 2. The lowest BCUT2D eigenvalue weighted by molar-refractivity contribution is 0.0939. The van der Waals surface area contributed by atoms with Gasteiger partial charge in [-0.2, -0.15) is 0 Å². The van der Waals surface area contributed by atoms with Crippen LogP contribution in [-0.4, -0.2) is 42.1 Å². The average molecular weight is 333 g/mol. The van der Waals surface area contributed by atoms with Gasteiger partial charge in [-0.3, -0.25) is 9.78 Å². The second-order valence-corrected chi connectivity index (χ2v) is 5.74. The van der Waals surface area contributed by atoms with Gasteiger partial charge in [-0.1, -0.05) is 11.6 Å². The predicted octanol–water partition coefficient (Wildman–Crippen LogP) is 1.90. The van der Waals surface area contributed by atoms with Crippen molar-refractivity contribution in [3.05, 3.63) is 41.2 Å². The first-order valence-corrected chi connectivity index (χ1v) is 7.72. The molecule has 1 saturated heterocycles. The zero-order valence-corrected chi connectivity index (χ0v) is 13.4. The number of halogens is 1. The van der Waals surface area contributed by atoms with Crippen LogP contribution in [0.3, 0.4) is 0 Å². The Labute approximate surface area is 139 Å². The second-order valence-electron chi connectivity index (χ2n) is 5.31. The molecule has 7 heteroatoms. The largest absolute Gasteiger partial charge is 0.481 e. The van der Waals surface area contributed by atoms with Gasteiger partial charge < -0.3 is 15.4 Å². The molecule has 23 heavy (non-hydrogen) atoms. The van der Waals surface area contributed by atoms with Gasteiger partial charge in [0.25, 0.3) is 5.91 Å². The fraction of sp³-hybridized carbons (Fsp3) is 0.312. The zero-order valence-electron chi connectivity index (χ0n) is 12.7. The lowest BCUT2D eigenvalue weighted by Gasteiger charge is -2.11. The number of amides is 1. The van der Waals surface area contributed by atoms with Crippen molar-refractivity contribution in [2.75, 3.05) is 20.2 Å². The van der Waals surface area contributed by atoms with E-state index in [1.54, 1.807) is 24.4 Å². The number of nitrogens with one attached hydrogen (secondary N) is 2. The Hall–Kier alpha value is -2.18. The molecule has 3 rings (SSSR count). The van der Waals surface area contributed by atoms with Crippen molar-refractivity contribution in [2.45, 2.75) is 12.5 Å². The van der Waals surface area contributed by atoms with Gasteiger partial charge in [0.15, 0.2) is 0 Å². The molecule has 6 nitrogen and oxygen atoms in total. The highest BCUT2D eigenvalue weighted by atomic mass is 35.5. The third-order valence-corrected chi connectivity index (χ3v) is 3.91. The maximum Gasteiger partial charge on any atom is 0.253 e. The van der Waals surface area contributed by atoms with Crippen LogP contribution in [0, 0.1) is 0 Å². The number of aromatic nitrogens is 2. The van der Waals surface area contributed by atoms with Crippen molar-refractivity contribution in [3.8, 4) is 17.1 Å². The topological polar surface area (TPSA) is 76.1 Å². The molecule has 1 fully saturated rings. The maximum atomic E-state index is 12.2. The van der Waals surface area contributed by atoms with Crippen LogP contribution in [0.1, 0.15) is 16.8 Å². The SMILES string of the molecule is COc1ncc(Cl)cc1-c1ccc(C(=O)NC2CCNC2)cn1. The normalized spacial score (nSPS) is 17.0. The first-order valence-electron chi connectivity index (χ1n) is 7.35. The van der Waals surface area contributed by atoms with Crippen molar-refractivity contribution in [2.24, 2.45) is 0 Å². The van der Waals surface area contributed by atoms with Gasteiger partial charge in [0.2, 0.25) is 5.88 Å². The van der Waals surface area contributed by atoms with Crippen LogP contribution < -0.4 is 15.4 Å². The molecule has 2 N–H and O–H groups in total. The van der Waals surface area contributed by atoms with E-state index in [1.165, 1.54) is 13.3 Å². The number of carbonyl (C=O) groups excluding carboxylic acids is 1. The maximum absolute atomic E-state index is 12.2. The van der Waals surface area contributed by atoms with E-state index in [1.807, 2.05) is 0 Å². The molecule has 0 aliphatic carbocycles. The minimum Gasteiger partial charge on any atom is -0.481 e. The summed E-state index contributed by atoms with van der Waals surface area (Å²) in [7, 11) is 1.54. The molecule has 1 amide bonds. The summed E-state index contributed by atoms with van der Waals surface area (Å²) in [4.78, 5) is 20.6. The number of methoxy groups -OCH3 is 1. The molecule has 1 aliphatic rings. The van der Waals surface area contributed by atoms with Gasteiger partial charge in [0.1, 0.15) is 0 Å².